The van der Waals surface area contributed by atoms with Gasteiger partial charge in [0.05, 0.1) is 0 Å². The molecule has 5 heteroatoms. The van der Waals surface area contributed by atoms with Crippen LogP contribution in [0, 0.1) is 5.92 Å². The second-order valence-corrected chi connectivity index (χ2v) is 11.9. The summed E-state index contributed by atoms with van der Waals surface area (Å²) in [5.41, 5.74) is 0. The normalized spacial score (nSPS) is 15.2. The third-order valence-corrected chi connectivity index (χ3v) is 8.59. The fourth-order valence-electron chi connectivity index (χ4n) is 4.65. The monoisotopic (exact) mass is 486 g/mol. The van der Waals surface area contributed by atoms with Crippen molar-refractivity contribution >= 4 is 23.7 Å². The summed E-state index contributed by atoms with van der Waals surface area (Å²) in [6, 6.07) is 0. The van der Waals surface area contributed by atoms with E-state index in [2.05, 4.69) is 13.8 Å². The summed E-state index contributed by atoms with van der Waals surface area (Å²) in [4.78, 5) is 23.5. The van der Waals surface area contributed by atoms with Crippen LogP contribution < -0.4 is 0 Å². The van der Waals surface area contributed by atoms with Crippen molar-refractivity contribution in [2.24, 2.45) is 5.92 Å². The van der Waals surface area contributed by atoms with Crippen molar-refractivity contribution in [2.45, 2.75) is 160 Å². The average molecular weight is 487 g/mol. The predicted octanol–water partition coefficient (Wildman–Crippen LogP) is 9.10. The highest BCUT2D eigenvalue weighted by molar-refractivity contribution is 8.02. The molecule has 196 valence electrons. The van der Waals surface area contributed by atoms with Crippen molar-refractivity contribution in [3.05, 3.63) is 0 Å². The molecule has 0 aliphatic carbocycles. The molecule has 0 aromatic rings. The number of thioether (sulfide) groups is 1. The molecule has 2 N–H and O–H groups in total. The van der Waals surface area contributed by atoms with Gasteiger partial charge in [-0.3, -0.25) is 9.59 Å². The number of rotatable bonds is 24. The van der Waals surface area contributed by atoms with Crippen LogP contribution in [0.25, 0.3) is 0 Å². The predicted molar refractivity (Wildman–Crippen MR) is 143 cm³/mol. The standard InChI is InChI=1S/C28H54O4S/c1-5-7-9-10-11-12-13-14-15-16-17-18-19-20-21-23-25(22-8-6-2)28(4,27(31)32)33-24(3)26(29)30/h24-25H,5-23H2,1-4H3,(H,29,30)(H,31,32). The van der Waals surface area contributed by atoms with Gasteiger partial charge >= 0.3 is 11.9 Å². The molecule has 0 saturated carbocycles. The topological polar surface area (TPSA) is 74.6 Å². The molecule has 0 spiro atoms. The maximum absolute atomic E-state index is 12.1. The fourth-order valence-corrected chi connectivity index (χ4v) is 6.01. The number of hydrogen-bond donors (Lipinski definition) is 2. The van der Waals surface area contributed by atoms with E-state index in [0.717, 1.165) is 50.3 Å². The molecule has 0 radical (unpaired) electrons. The highest BCUT2D eigenvalue weighted by atomic mass is 32.2. The van der Waals surface area contributed by atoms with E-state index in [9.17, 15) is 19.8 Å². The van der Waals surface area contributed by atoms with E-state index in [-0.39, 0.29) is 5.92 Å². The minimum Gasteiger partial charge on any atom is -0.480 e. The second kappa shape index (κ2) is 20.6. The number of unbranched alkanes of at least 4 members (excludes halogenated alkanes) is 15. The van der Waals surface area contributed by atoms with Gasteiger partial charge in [-0.15, -0.1) is 11.8 Å². The summed E-state index contributed by atoms with van der Waals surface area (Å²) in [6.07, 6.45) is 23.6. The van der Waals surface area contributed by atoms with Gasteiger partial charge in [-0.1, -0.05) is 123 Å². The van der Waals surface area contributed by atoms with Crippen LogP contribution in [0.2, 0.25) is 0 Å². The molecular weight excluding hydrogens is 432 g/mol. The van der Waals surface area contributed by atoms with Crippen molar-refractivity contribution < 1.29 is 19.8 Å². The molecule has 3 atom stereocenters. The molecule has 0 fully saturated rings. The lowest BCUT2D eigenvalue weighted by molar-refractivity contribution is -0.141. The number of carboxylic acids is 2. The number of carboxylic acid groups (broad SMARTS) is 2. The van der Waals surface area contributed by atoms with Gasteiger partial charge in [0.2, 0.25) is 0 Å². The van der Waals surface area contributed by atoms with Crippen LogP contribution in [-0.4, -0.2) is 32.1 Å². The first-order valence-corrected chi connectivity index (χ1v) is 14.8. The first kappa shape index (κ1) is 32.3. The molecule has 0 aromatic carbocycles. The van der Waals surface area contributed by atoms with Crippen LogP contribution in [0.1, 0.15) is 150 Å². The summed E-state index contributed by atoms with van der Waals surface area (Å²) in [6.45, 7) is 7.73. The van der Waals surface area contributed by atoms with Crippen LogP contribution in [0.4, 0.5) is 0 Å². The van der Waals surface area contributed by atoms with E-state index in [1.807, 2.05) is 0 Å². The molecule has 33 heavy (non-hydrogen) atoms. The SMILES string of the molecule is CCCCCCCCCCCCCCCCCC(CCCC)C(C)(SC(C)C(=O)O)C(=O)O. The molecule has 0 aromatic heterocycles. The lowest BCUT2D eigenvalue weighted by Gasteiger charge is -2.35. The maximum Gasteiger partial charge on any atom is 0.319 e. The Labute approximate surface area is 209 Å². The third kappa shape index (κ3) is 15.7. The molecule has 3 unspecified atom stereocenters. The quantitative estimate of drug-likeness (QED) is 0.133. The largest absolute Gasteiger partial charge is 0.480 e. The summed E-state index contributed by atoms with van der Waals surface area (Å²) in [7, 11) is 0. The van der Waals surface area contributed by atoms with Gasteiger partial charge in [-0.2, -0.15) is 0 Å². The Kier molecular flexibility index (Phi) is 20.2. The maximum atomic E-state index is 12.1. The van der Waals surface area contributed by atoms with Gasteiger partial charge in [-0.25, -0.2) is 0 Å². The Morgan fingerprint density at radius 1 is 0.667 bits per heavy atom. The summed E-state index contributed by atoms with van der Waals surface area (Å²) < 4.78 is -1.04. The fraction of sp³-hybridized carbons (Fsp3) is 0.929. The van der Waals surface area contributed by atoms with E-state index in [0.29, 0.717) is 0 Å². The summed E-state index contributed by atoms with van der Waals surface area (Å²) in [5.74, 6) is -1.79. The zero-order chi connectivity index (χ0) is 25.0. The van der Waals surface area contributed by atoms with Crippen LogP contribution in [0.3, 0.4) is 0 Å². The Balaban J connectivity index is 4.09. The van der Waals surface area contributed by atoms with Gasteiger partial charge in [0.25, 0.3) is 0 Å². The van der Waals surface area contributed by atoms with Crippen molar-refractivity contribution in [1.29, 1.82) is 0 Å². The van der Waals surface area contributed by atoms with E-state index in [1.165, 1.54) is 83.5 Å². The van der Waals surface area contributed by atoms with Crippen molar-refractivity contribution in [1.82, 2.24) is 0 Å². The van der Waals surface area contributed by atoms with E-state index in [4.69, 9.17) is 0 Å². The first-order valence-electron chi connectivity index (χ1n) is 13.9. The molecule has 0 rings (SSSR count). The van der Waals surface area contributed by atoms with Gasteiger partial charge in [0.15, 0.2) is 0 Å². The van der Waals surface area contributed by atoms with Crippen LogP contribution in [-0.2, 0) is 9.59 Å². The van der Waals surface area contributed by atoms with E-state index in [1.54, 1.807) is 13.8 Å². The molecule has 0 aliphatic heterocycles. The van der Waals surface area contributed by atoms with Crippen LogP contribution in [0.15, 0.2) is 0 Å². The van der Waals surface area contributed by atoms with Crippen LogP contribution >= 0.6 is 11.8 Å². The van der Waals surface area contributed by atoms with Crippen molar-refractivity contribution in [3.63, 3.8) is 0 Å². The number of hydrogen-bond acceptors (Lipinski definition) is 3. The smallest absolute Gasteiger partial charge is 0.319 e. The molecule has 0 saturated heterocycles. The number of aliphatic carboxylic acids is 2. The lowest BCUT2D eigenvalue weighted by Crippen LogP contribution is -2.42. The third-order valence-electron chi connectivity index (χ3n) is 7.04. The van der Waals surface area contributed by atoms with E-state index >= 15 is 0 Å². The van der Waals surface area contributed by atoms with Gasteiger partial charge in [0.1, 0.15) is 10.00 Å². The Morgan fingerprint density at radius 2 is 1.03 bits per heavy atom. The van der Waals surface area contributed by atoms with Crippen LogP contribution in [0.5, 0.6) is 0 Å². The molecular formula is C28H54O4S. The molecule has 0 heterocycles. The minimum absolute atomic E-state index is 0.0173. The Morgan fingerprint density at radius 3 is 1.39 bits per heavy atom. The van der Waals surface area contributed by atoms with E-state index < -0.39 is 21.9 Å². The summed E-state index contributed by atoms with van der Waals surface area (Å²) >= 11 is 1.11. The van der Waals surface area contributed by atoms with Gasteiger partial charge in [0, 0.05) is 0 Å². The Hall–Kier alpha value is -0.710. The van der Waals surface area contributed by atoms with Gasteiger partial charge < -0.3 is 10.2 Å². The highest BCUT2D eigenvalue weighted by Crippen LogP contribution is 2.41. The second-order valence-electron chi connectivity index (χ2n) is 10.1. The van der Waals surface area contributed by atoms with Gasteiger partial charge in [-0.05, 0) is 32.6 Å². The number of carbonyl (C=O) groups is 2. The minimum atomic E-state index is -1.04. The lowest BCUT2D eigenvalue weighted by atomic mass is 9.84. The van der Waals surface area contributed by atoms with Crippen molar-refractivity contribution in [3.8, 4) is 0 Å². The zero-order valence-electron chi connectivity index (χ0n) is 22.2. The molecule has 4 nitrogen and oxygen atoms in total. The summed E-state index contributed by atoms with van der Waals surface area (Å²) in [5, 5.41) is 18.5. The first-order chi connectivity index (χ1) is 15.8. The highest BCUT2D eigenvalue weighted by Gasteiger charge is 2.43. The molecule has 0 amide bonds. The van der Waals surface area contributed by atoms with Crippen molar-refractivity contribution in [2.75, 3.05) is 0 Å². The Bertz CT molecular complexity index is 496. The molecule has 0 bridgehead atoms. The molecule has 0 aliphatic rings. The average Bonchev–Trinajstić information content (AvgIpc) is 2.77. The zero-order valence-corrected chi connectivity index (χ0v) is 23.0.